The van der Waals surface area contributed by atoms with Gasteiger partial charge in [-0.25, -0.2) is 0 Å². The van der Waals surface area contributed by atoms with Gasteiger partial charge < -0.3 is 14.0 Å². The van der Waals surface area contributed by atoms with Crippen molar-refractivity contribution >= 4 is 60.7 Å². The van der Waals surface area contributed by atoms with Crippen molar-refractivity contribution in [2.75, 3.05) is 4.90 Å². The van der Waals surface area contributed by atoms with Crippen molar-refractivity contribution in [3.63, 3.8) is 0 Å². The van der Waals surface area contributed by atoms with Crippen LogP contribution in [0.1, 0.15) is 0 Å². The van der Waals surface area contributed by atoms with Crippen molar-refractivity contribution in [1.29, 1.82) is 0 Å². The Morgan fingerprint density at radius 2 is 0.772 bits per heavy atom. The summed E-state index contributed by atoms with van der Waals surface area (Å²) in [7, 11) is 0. The summed E-state index contributed by atoms with van der Waals surface area (Å²) in [5, 5.41) is 4.95. The standard InChI is InChI=1S/C54H37N3/c1-4-16-38(17-5-1)39-30-32-42(33-31-39)55(43-22-14-23-44(36-43)57-50-27-12-10-24-47(50)48-25-11-13-28-51(48)57)45-34-35-52-49(37-45)54-46(40-18-6-2-7-19-40)26-15-29-53(54)56(52)41-20-8-3-9-21-41/h1-37H. The number of benzene rings is 9. The minimum absolute atomic E-state index is 1.08. The molecule has 11 aromatic rings. The molecule has 0 fully saturated rings. The molecule has 0 N–H and O–H groups in total. The fourth-order valence-corrected chi connectivity index (χ4v) is 8.76. The van der Waals surface area contributed by atoms with E-state index in [2.05, 4.69) is 238 Å². The lowest BCUT2D eigenvalue weighted by molar-refractivity contribution is 1.17. The van der Waals surface area contributed by atoms with Crippen molar-refractivity contribution in [2.45, 2.75) is 0 Å². The zero-order chi connectivity index (χ0) is 37.7. The molecule has 268 valence electrons. The Morgan fingerprint density at radius 3 is 1.47 bits per heavy atom. The van der Waals surface area contributed by atoms with Crippen molar-refractivity contribution in [3.8, 4) is 33.6 Å². The van der Waals surface area contributed by atoms with E-state index in [1.54, 1.807) is 0 Å². The molecule has 9 aromatic carbocycles. The van der Waals surface area contributed by atoms with Gasteiger partial charge in [-0.05, 0) is 101 Å². The van der Waals surface area contributed by atoms with Crippen LogP contribution in [0.3, 0.4) is 0 Å². The lowest BCUT2D eigenvalue weighted by atomic mass is 9.99. The summed E-state index contributed by atoms with van der Waals surface area (Å²) in [5.41, 5.74) is 15.1. The first-order valence-corrected chi connectivity index (χ1v) is 19.5. The van der Waals surface area contributed by atoms with Crippen molar-refractivity contribution < 1.29 is 0 Å². The molecule has 0 spiro atoms. The zero-order valence-corrected chi connectivity index (χ0v) is 31.2. The molecule has 0 aliphatic heterocycles. The van der Waals surface area contributed by atoms with E-state index in [9.17, 15) is 0 Å². The summed E-state index contributed by atoms with van der Waals surface area (Å²) in [6, 6.07) is 81.1. The summed E-state index contributed by atoms with van der Waals surface area (Å²) in [6.07, 6.45) is 0. The molecule has 0 aliphatic rings. The van der Waals surface area contributed by atoms with Gasteiger partial charge >= 0.3 is 0 Å². The average Bonchev–Trinajstić information content (AvgIpc) is 3.81. The number of fused-ring (bicyclic) bond motifs is 6. The predicted molar refractivity (Wildman–Crippen MR) is 241 cm³/mol. The molecule has 2 aromatic heterocycles. The van der Waals surface area contributed by atoms with Crippen LogP contribution in [0.4, 0.5) is 17.1 Å². The molecule has 0 saturated carbocycles. The van der Waals surface area contributed by atoms with Crippen LogP contribution >= 0.6 is 0 Å². The summed E-state index contributed by atoms with van der Waals surface area (Å²) in [6.45, 7) is 0. The maximum absolute atomic E-state index is 2.41. The number of nitrogens with zero attached hydrogens (tertiary/aromatic N) is 3. The summed E-state index contributed by atoms with van der Waals surface area (Å²) >= 11 is 0. The van der Waals surface area contributed by atoms with E-state index in [0.717, 1.165) is 28.4 Å². The molecule has 0 aliphatic carbocycles. The normalized spacial score (nSPS) is 11.5. The van der Waals surface area contributed by atoms with E-state index in [4.69, 9.17) is 0 Å². The molecular weight excluding hydrogens is 691 g/mol. The van der Waals surface area contributed by atoms with Gasteiger partial charge in [-0.3, -0.25) is 0 Å². The van der Waals surface area contributed by atoms with Crippen molar-refractivity contribution in [2.24, 2.45) is 0 Å². The van der Waals surface area contributed by atoms with E-state index in [0.29, 0.717) is 0 Å². The second-order valence-electron chi connectivity index (χ2n) is 14.6. The third kappa shape index (κ3) is 5.51. The van der Waals surface area contributed by atoms with Crippen LogP contribution in [-0.2, 0) is 0 Å². The van der Waals surface area contributed by atoms with Crippen LogP contribution < -0.4 is 4.90 Å². The van der Waals surface area contributed by atoms with E-state index in [1.807, 2.05) is 0 Å². The molecule has 0 unspecified atom stereocenters. The van der Waals surface area contributed by atoms with Gasteiger partial charge in [-0.1, -0.05) is 146 Å². The van der Waals surface area contributed by atoms with Crippen molar-refractivity contribution in [1.82, 2.24) is 9.13 Å². The summed E-state index contributed by atoms with van der Waals surface area (Å²) in [4.78, 5) is 2.41. The molecule has 0 radical (unpaired) electrons. The van der Waals surface area contributed by atoms with Crippen LogP contribution in [-0.4, -0.2) is 9.13 Å². The van der Waals surface area contributed by atoms with E-state index >= 15 is 0 Å². The van der Waals surface area contributed by atoms with Crippen LogP contribution in [0.5, 0.6) is 0 Å². The molecule has 0 atom stereocenters. The van der Waals surface area contributed by atoms with Gasteiger partial charge in [-0.15, -0.1) is 0 Å². The van der Waals surface area contributed by atoms with Crippen LogP contribution in [0.15, 0.2) is 224 Å². The zero-order valence-electron chi connectivity index (χ0n) is 31.2. The molecule has 3 nitrogen and oxygen atoms in total. The monoisotopic (exact) mass is 727 g/mol. The second-order valence-corrected chi connectivity index (χ2v) is 14.6. The molecule has 57 heavy (non-hydrogen) atoms. The SMILES string of the molecule is c1ccc(-c2ccc(N(c3cccc(-n4c5ccccc5c5ccccc54)c3)c3ccc4c(c3)c3c(-c5ccccc5)cccc3n4-c3ccccc3)cc2)cc1. The first-order valence-electron chi connectivity index (χ1n) is 19.5. The Bertz CT molecular complexity index is 3160. The van der Waals surface area contributed by atoms with Crippen molar-refractivity contribution in [3.05, 3.63) is 224 Å². The van der Waals surface area contributed by atoms with Crippen LogP contribution in [0.25, 0.3) is 77.2 Å². The Kier molecular flexibility index (Phi) is 7.82. The fourth-order valence-electron chi connectivity index (χ4n) is 8.76. The Hall–Kier alpha value is -7.62. The largest absolute Gasteiger partial charge is 0.310 e. The Labute approximate surface area is 331 Å². The van der Waals surface area contributed by atoms with Gasteiger partial charge in [-0.2, -0.15) is 0 Å². The highest BCUT2D eigenvalue weighted by molar-refractivity contribution is 6.17. The van der Waals surface area contributed by atoms with Gasteiger partial charge in [0.15, 0.2) is 0 Å². The quantitative estimate of drug-likeness (QED) is 0.159. The summed E-state index contributed by atoms with van der Waals surface area (Å²) < 4.78 is 4.80. The minimum Gasteiger partial charge on any atom is -0.310 e. The second kappa shape index (κ2) is 13.6. The molecular formula is C54H37N3. The van der Waals surface area contributed by atoms with Gasteiger partial charge in [0, 0.05) is 50.0 Å². The number of hydrogen-bond acceptors (Lipinski definition) is 1. The number of para-hydroxylation sites is 3. The Balaban J connectivity index is 1.16. The lowest BCUT2D eigenvalue weighted by Gasteiger charge is -2.27. The van der Waals surface area contributed by atoms with E-state index in [-0.39, 0.29) is 0 Å². The maximum Gasteiger partial charge on any atom is 0.0547 e. The Morgan fingerprint density at radius 1 is 0.281 bits per heavy atom. The third-order valence-electron chi connectivity index (χ3n) is 11.3. The smallest absolute Gasteiger partial charge is 0.0547 e. The first-order chi connectivity index (χ1) is 28.3. The maximum atomic E-state index is 2.41. The topological polar surface area (TPSA) is 13.1 Å². The summed E-state index contributed by atoms with van der Waals surface area (Å²) in [5.74, 6) is 0. The number of rotatable bonds is 7. The van der Waals surface area contributed by atoms with E-state index in [1.165, 1.54) is 65.9 Å². The number of aromatic nitrogens is 2. The molecule has 2 heterocycles. The number of hydrogen-bond donors (Lipinski definition) is 0. The van der Waals surface area contributed by atoms with Gasteiger partial charge in [0.1, 0.15) is 0 Å². The molecule has 0 amide bonds. The molecule has 3 heteroatoms. The highest BCUT2D eigenvalue weighted by Crippen LogP contribution is 2.44. The average molecular weight is 728 g/mol. The lowest BCUT2D eigenvalue weighted by Crippen LogP contribution is -2.10. The first kappa shape index (κ1) is 32.8. The van der Waals surface area contributed by atoms with Crippen LogP contribution in [0, 0.1) is 0 Å². The van der Waals surface area contributed by atoms with Gasteiger partial charge in [0.2, 0.25) is 0 Å². The fraction of sp³-hybridized carbons (Fsp3) is 0. The third-order valence-corrected chi connectivity index (χ3v) is 11.3. The number of anilines is 3. The van der Waals surface area contributed by atoms with E-state index < -0.39 is 0 Å². The highest BCUT2D eigenvalue weighted by Gasteiger charge is 2.21. The predicted octanol–water partition coefficient (Wildman–Crippen LogP) is 14.7. The minimum atomic E-state index is 1.08. The van der Waals surface area contributed by atoms with Gasteiger partial charge in [0.05, 0.1) is 22.1 Å². The highest BCUT2D eigenvalue weighted by atomic mass is 15.1. The van der Waals surface area contributed by atoms with Gasteiger partial charge in [0.25, 0.3) is 0 Å². The van der Waals surface area contributed by atoms with Crippen LogP contribution in [0.2, 0.25) is 0 Å². The molecule has 0 bridgehead atoms. The molecule has 11 rings (SSSR count). The molecule has 0 saturated heterocycles.